The lowest BCUT2D eigenvalue weighted by molar-refractivity contribution is -0.141. The number of carbonyl (C=O) groups excluding carboxylic acids is 1. The van der Waals surface area contributed by atoms with E-state index in [1.807, 2.05) is 0 Å². The molecule has 0 fully saturated rings. The van der Waals surface area contributed by atoms with Gasteiger partial charge in [-0.15, -0.1) is 0 Å². The predicted octanol–water partition coefficient (Wildman–Crippen LogP) is 0.470. The summed E-state index contributed by atoms with van der Waals surface area (Å²) in [5.74, 6) is -2.78. The zero-order valence-corrected chi connectivity index (χ0v) is 14.0. The number of benzene rings is 1. The smallest absolute Gasteiger partial charge is 0.326 e. The van der Waals surface area contributed by atoms with Crippen molar-refractivity contribution in [2.45, 2.75) is 26.3 Å². The van der Waals surface area contributed by atoms with Gasteiger partial charge in [-0.2, -0.15) is 0 Å². The van der Waals surface area contributed by atoms with E-state index in [9.17, 15) is 23.1 Å². The summed E-state index contributed by atoms with van der Waals surface area (Å²) in [5, 5.41) is 11.5. The molecule has 0 bridgehead atoms. The molecule has 128 valence electrons. The molecule has 0 saturated carbocycles. The molecule has 0 aromatic heterocycles. The number of amides is 1. The molecule has 0 aliphatic carbocycles. The van der Waals surface area contributed by atoms with Gasteiger partial charge in [-0.1, -0.05) is 44.2 Å². The molecule has 0 heterocycles. The monoisotopic (exact) mass is 342 g/mol. The van der Waals surface area contributed by atoms with Crippen LogP contribution in [0.15, 0.2) is 30.3 Å². The first kappa shape index (κ1) is 19.1. The van der Waals surface area contributed by atoms with Gasteiger partial charge in [0.1, 0.15) is 11.8 Å². The van der Waals surface area contributed by atoms with Crippen LogP contribution in [0, 0.1) is 0 Å². The number of rotatable bonds is 9. The maximum atomic E-state index is 12.0. The van der Waals surface area contributed by atoms with Crippen molar-refractivity contribution in [3.63, 3.8) is 0 Å². The average Bonchev–Trinajstić information content (AvgIpc) is 2.47. The number of carboxylic acid groups (broad SMARTS) is 1. The van der Waals surface area contributed by atoms with Crippen LogP contribution >= 0.6 is 0 Å². The maximum absolute atomic E-state index is 12.0. The van der Waals surface area contributed by atoms with Crippen LogP contribution in [0.25, 0.3) is 0 Å². The van der Waals surface area contributed by atoms with Crippen molar-refractivity contribution >= 4 is 21.9 Å². The Hall–Kier alpha value is -1.93. The lowest BCUT2D eigenvalue weighted by atomic mass is 10.1. The van der Waals surface area contributed by atoms with Gasteiger partial charge in [-0.05, 0) is 5.56 Å². The second-order valence-electron chi connectivity index (χ2n) is 4.99. The first-order valence-electron chi connectivity index (χ1n) is 7.34. The molecule has 0 aliphatic heterocycles. The molecule has 0 radical (unpaired) electrons. The third kappa shape index (κ3) is 5.99. The van der Waals surface area contributed by atoms with Gasteiger partial charge in [0.2, 0.25) is 15.9 Å². The Kier molecular flexibility index (Phi) is 7.18. The highest BCUT2D eigenvalue weighted by Crippen LogP contribution is 2.05. The Balaban J connectivity index is 2.74. The summed E-state index contributed by atoms with van der Waals surface area (Å²) in [7, 11) is -3.74. The third-order valence-corrected chi connectivity index (χ3v) is 5.26. The maximum Gasteiger partial charge on any atom is 0.326 e. The lowest BCUT2D eigenvalue weighted by Crippen LogP contribution is -2.46. The Morgan fingerprint density at radius 3 is 2.22 bits per heavy atom. The molecule has 1 aromatic rings. The molecule has 0 unspecified atom stereocenters. The van der Waals surface area contributed by atoms with Crippen LogP contribution in [-0.2, 0) is 26.0 Å². The Bertz CT molecular complexity index is 627. The summed E-state index contributed by atoms with van der Waals surface area (Å²) in [5.41, 5.74) is 0.742. The van der Waals surface area contributed by atoms with Gasteiger partial charge in [-0.25, -0.2) is 17.5 Å². The van der Waals surface area contributed by atoms with E-state index in [0.717, 1.165) is 5.56 Å². The van der Waals surface area contributed by atoms with Gasteiger partial charge in [0.05, 0.1) is 0 Å². The van der Waals surface area contributed by atoms with Crippen molar-refractivity contribution in [1.82, 2.24) is 9.62 Å². The fourth-order valence-electron chi connectivity index (χ4n) is 2.16. The fraction of sp³-hybridized carbons (Fsp3) is 0.467. The van der Waals surface area contributed by atoms with Crippen molar-refractivity contribution in [2.75, 3.05) is 18.8 Å². The van der Waals surface area contributed by atoms with Gasteiger partial charge >= 0.3 is 5.97 Å². The second-order valence-corrected chi connectivity index (χ2v) is 6.96. The van der Waals surface area contributed by atoms with Crippen LogP contribution in [0.2, 0.25) is 0 Å². The Morgan fingerprint density at radius 1 is 1.17 bits per heavy atom. The minimum absolute atomic E-state index is 0.0905. The summed E-state index contributed by atoms with van der Waals surface area (Å²) in [4.78, 5) is 23.2. The molecule has 0 saturated heterocycles. The van der Waals surface area contributed by atoms with Crippen LogP contribution in [0.5, 0.6) is 0 Å². The summed E-state index contributed by atoms with van der Waals surface area (Å²) >= 11 is 0. The largest absolute Gasteiger partial charge is 0.480 e. The number of hydrogen-bond donors (Lipinski definition) is 2. The van der Waals surface area contributed by atoms with Gasteiger partial charge in [0, 0.05) is 19.5 Å². The van der Waals surface area contributed by atoms with E-state index in [0.29, 0.717) is 0 Å². The van der Waals surface area contributed by atoms with Gasteiger partial charge in [-0.3, -0.25) is 4.79 Å². The number of hydrogen-bond acceptors (Lipinski definition) is 4. The molecule has 1 amide bonds. The van der Waals surface area contributed by atoms with E-state index in [1.165, 1.54) is 4.31 Å². The minimum atomic E-state index is -3.74. The molecule has 1 atom stereocenters. The topological polar surface area (TPSA) is 104 Å². The predicted molar refractivity (Wildman–Crippen MR) is 86.4 cm³/mol. The quantitative estimate of drug-likeness (QED) is 0.679. The number of carbonyl (C=O) groups is 2. The standard InChI is InChI=1S/C15H22N2O5S/c1-3-17(4-2)23(21,22)11-14(18)16-13(15(19)20)10-12-8-6-5-7-9-12/h5-9,13H,3-4,10-11H2,1-2H3,(H,16,18)(H,19,20)/t13-/m1/s1. The highest BCUT2D eigenvalue weighted by Gasteiger charge is 2.26. The second kappa shape index (κ2) is 8.64. The molecule has 0 aliphatic rings. The Labute approximate surface area is 136 Å². The van der Waals surface area contributed by atoms with Gasteiger partial charge < -0.3 is 10.4 Å². The molecule has 0 spiro atoms. The van der Waals surface area contributed by atoms with Crippen molar-refractivity contribution in [3.8, 4) is 0 Å². The molecule has 2 N–H and O–H groups in total. The van der Waals surface area contributed by atoms with Crippen LogP contribution in [-0.4, -0.2) is 54.6 Å². The molecule has 1 rings (SSSR count). The zero-order chi connectivity index (χ0) is 17.5. The van der Waals surface area contributed by atoms with E-state index in [1.54, 1.807) is 44.2 Å². The molecule has 7 nitrogen and oxygen atoms in total. The van der Waals surface area contributed by atoms with Gasteiger partial charge in [0.25, 0.3) is 0 Å². The fourth-order valence-corrected chi connectivity index (χ4v) is 3.54. The lowest BCUT2D eigenvalue weighted by Gasteiger charge is -2.19. The normalized spacial score (nSPS) is 12.8. The average molecular weight is 342 g/mol. The van der Waals surface area contributed by atoms with Gasteiger partial charge in [0.15, 0.2) is 0 Å². The zero-order valence-electron chi connectivity index (χ0n) is 13.2. The highest BCUT2D eigenvalue weighted by atomic mass is 32.2. The first-order chi connectivity index (χ1) is 10.8. The first-order valence-corrected chi connectivity index (χ1v) is 8.95. The molecule has 23 heavy (non-hydrogen) atoms. The van der Waals surface area contributed by atoms with E-state index in [2.05, 4.69) is 5.32 Å². The van der Waals surface area contributed by atoms with E-state index in [-0.39, 0.29) is 19.5 Å². The molecular formula is C15H22N2O5S. The van der Waals surface area contributed by atoms with Crippen molar-refractivity contribution < 1.29 is 23.1 Å². The Morgan fingerprint density at radius 2 is 1.74 bits per heavy atom. The number of aliphatic carboxylic acids is 1. The van der Waals surface area contributed by atoms with E-state index >= 15 is 0 Å². The van der Waals surface area contributed by atoms with Crippen LogP contribution in [0.3, 0.4) is 0 Å². The number of nitrogens with one attached hydrogen (secondary N) is 1. The minimum Gasteiger partial charge on any atom is -0.480 e. The third-order valence-electron chi connectivity index (χ3n) is 3.33. The van der Waals surface area contributed by atoms with Crippen LogP contribution in [0.4, 0.5) is 0 Å². The summed E-state index contributed by atoms with van der Waals surface area (Å²) in [6.07, 6.45) is 0.0905. The van der Waals surface area contributed by atoms with Crippen LogP contribution in [0.1, 0.15) is 19.4 Å². The molecular weight excluding hydrogens is 320 g/mol. The van der Waals surface area contributed by atoms with E-state index < -0.39 is 33.7 Å². The van der Waals surface area contributed by atoms with Crippen LogP contribution < -0.4 is 5.32 Å². The number of nitrogens with zero attached hydrogens (tertiary/aromatic N) is 1. The SMILES string of the molecule is CCN(CC)S(=O)(=O)CC(=O)N[C@H](Cc1ccccc1)C(=O)O. The van der Waals surface area contributed by atoms with Crippen molar-refractivity contribution in [1.29, 1.82) is 0 Å². The summed E-state index contributed by atoms with van der Waals surface area (Å²) in [6.45, 7) is 3.87. The summed E-state index contributed by atoms with van der Waals surface area (Å²) in [6, 6.07) is 7.65. The molecule has 8 heteroatoms. The van der Waals surface area contributed by atoms with E-state index in [4.69, 9.17) is 0 Å². The number of carboxylic acids is 1. The van der Waals surface area contributed by atoms with Crippen molar-refractivity contribution in [2.24, 2.45) is 0 Å². The number of sulfonamides is 1. The summed E-state index contributed by atoms with van der Waals surface area (Å²) < 4.78 is 25.2. The highest BCUT2D eigenvalue weighted by molar-refractivity contribution is 7.89. The van der Waals surface area contributed by atoms with Crippen molar-refractivity contribution in [3.05, 3.63) is 35.9 Å². The molecule has 1 aromatic carbocycles.